The Bertz CT molecular complexity index is 1280. The summed E-state index contributed by atoms with van der Waals surface area (Å²) < 4.78 is 7.09. The van der Waals surface area contributed by atoms with Gasteiger partial charge in [0.1, 0.15) is 11.8 Å². The highest BCUT2D eigenvalue weighted by atomic mass is 35.5. The Labute approximate surface area is 181 Å². The maximum atomic E-state index is 11.9. The molecule has 4 rings (SSSR count). The van der Waals surface area contributed by atoms with Gasteiger partial charge in [0.25, 0.3) is 0 Å². The van der Waals surface area contributed by atoms with Gasteiger partial charge >= 0.3 is 5.69 Å². The zero-order valence-corrected chi connectivity index (χ0v) is 17.6. The molecule has 0 aliphatic carbocycles. The molecule has 0 amide bonds. The van der Waals surface area contributed by atoms with Gasteiger partial charge in [-0.3, -0.25) is 0 Å². The Morgan fingerprint density at radius 2 is 1.90 bits per heavy atom. The van der Waals surface area contributed by atoms with Crippen molar-refractivity contribution < 1.29 is 4.74 Å². The summed E-state index contributed by atoms with van der Waals surface area (Å²) in [5.74, 6) is 0.455. The van der Waals surface area contributed by atoms with Crippen molar-refractivity contribution >= 4 is 23.2 Å². The highest BCUT2D eigenvalue weighted by Crippen LogP contribution is 2.29. The standard InChI is InChI=1S/C20H16Cl2N6O2/c1-11-9-13(16-6-4-8-18(22)24-16)12(2)23-19(11)30-10-14-15(21)5-3-7-17(14)28-20(29)25-26-27-28/h3-9H,10H2,1-2H3,(H,25,27,29). The van der Waals surface area contributed by atoms with E-state index in [2.05, 4.69) is 25.5 Å². The normalized spacial score (nSPS) is 10.9. The molecule has 0 aliphatic rings. The molecule has 1 aromatic carbocycles. The van der Waals surface area contributed by atoms with E-state index >= 15 is 0 Å². The maximum absolute atomic E-state index is 11.9. The Morgan fingerprint density at radius 3 is 2.63 bits per heavy atom. The van der Waals surface area contributed by atoms with E-state index in [-0.39, 0.29) is 6.61 Å². The number of halogens is 2. The van der Waals surface area contributed by atoms with E-state index in [9.17, 15) is 4.79 Å². The van der Waals surface area contributed by atoms with Crippen LogP contribution in [0.4, 0.5) is 0 Å². The van der Waals surface area contributed by atoms with Crippen molar-refractivity contribution in [2.45, 2.75) is 20.5 Å². The zero-order valence-electron chi connectivity index (χ0n) is 16.1. The Hall–Kier alpha value is -3.23. The number of ether oxygens (including phenoxy) is 1. The molecule has 0 spiro atoms. The van der Waals surface area contributed by atoms with Gasteiger partial charge in [-0.15, -0.1) is 0 Å². The molecular weight excluding hydrogens is 427 g/mol. The van der Waals surface area contributed by atoms with Crippen LogP contribution in [0.25, 0.3) is 16.9 Å². The number of aromatic amines is 1. The van der Waals surface area contributed by atoms with Crippen LogP contribution in [0.5, 0.6) is 5.88 Å². The summed E-state index contributed by atoms with van der Waals surface area (Å²) in [6.45, 7) is 3.86. The van der Waals surface area contributed by atoms with Gasteiger partial charge in [0.2, 0.25) is 5.88 Å². The molecular formula is C20H16Cl2N6O2. The molecule has 152 valence electrons. The van der Waals surface area contributed by atoms with Crippen LogP contribution in [0, 0.1) is 13.8 Å². The molecule has 0 atom stereocenters. The van der Waals surface area contributed by atoms with Gasteiger partial charge in [0.05, 0.1) is 17.1 Å². The minimum Gasteiger partial charge on any atom is -0.472 e. The molecule has 30 heavy (non-hydrogen) atoms. The average Bonchev–Trinajstić information content (AvgIpc) is 3.14. The zero-order chi connectivity index (χ0) is 21.3. The first-order valence-electron chi connectivity index (χ1n) is 8.96. The highest BCUT2D eigenvalue weighted by Gasteiger charge is 2.15. The van der Waals surface area contributed by atoms with E-state index in [1.165, 1.54) is 0 Å². The van der Waals surface area contributed by atoms with Gasteiger partial charge in [-0.05, 0) is 54.6 Å². The first-order valence-corrected chi connectivity index (χ1v) is 9.72. The number of hydrogen-bond acceptors (Lipinski definition) is 6. The topological polar surface area (TPSA) is 98.6 Å². The number of nitrogens with one attached hydrogen (secondary N) is 1. The lowest BCUT2D eigenvalue weighted by Crippen LogP contribution is -2.18. The lowest BCUT2D eigenvalue weighted by Gasteiger charge is -2.14. The van der Waals surface area contributed by atoms with Gasteiger partial charge < -0.3 is 4.74 Å². The molecule has 0 saturated carbocycles. The fourth-order valence-electron chi connectivity index (χ4n) is 3.03. The third-order valence-electron chi connectivity index (χ3n) is 4.50. The second-order valence-corrected chi connectivity index (χ2v) is 7.33. The summed E-state index contributed by atoms with van der Waals surface area (Å²) in [4.78, 5) is 20.9. The molecule has 0 unspecified atom stereocenters. The number of aryl methyl sites for hydroxylation is 2. The molecule has 8 nitrogen and oxygen atoms in total. The van der Waals surface area contributed by atoms with Crippen molar-refractivity contribution in [2.75, 3.05) is 0 Å². The van der Waals surface area contributed by atoms with Crippen LogP contribution in [-0.4, -0.2) is 30.2 Å². The molecule has 0 bridgehead atoms. The molecule has 3 heterocycles. The number of tetrazole rings is 1. The van der Waals surface area contributed by atoms with Crippen LogP contribution in [-0.2, 0) is 6.61 Å². The first-order chi connectivity index (χ1) is 14.4. The van der Waals surface area contributed by atoms with Gasteiger partial charge in [0.15, 0.2) is 0 Å². The third kappa shape index (κ3) is 3.92. The summed E-state index contributed by atoms with van der Waals surface area (Å²) in [5.41, 5.74) is 3.78. The molecule has 0 saturated heterocycles. The molecule has 0 fully saturated rings. The van der Waals surface area contributed by atoms with Crippen molar-refractivity contribution in [1.29, 1.82) is 0 Å². The minimum atomic E-state index is -0.470. The van der Waals surface area contributed by atoms with Crippen molar-refractivity contribution in [3.05, 3.63) is 79.9 Å². The molecule has 4 aromatic rings. The van der Waals surface area contributed by atoms with Crippen LogP contribution in [0.1, 0.15) is 16.8 Å². The monoisotopic (exact) mass is 442 g/mol. The quantitative estimate of drug-likeness (QED) is 0.470. The van der Waals surface area contributed by atoms with Gasteiger partial charge in [0, 0.05) is 21.7 Å². The Morgan fingerprint density at radius 1 is 1.10 bits per heavy atom. The van der Waals surface area contributed by atoms with Crippen molar-refractivity contribution in [1.82, 2.24) is 30.2 Å². The van der Waals surface area contributed by atoms with Crippen LogP contribution < -0.4 is 10.4 Å². The van der Waals surface area contributed by atoms with Crippen molar-refractivity contribution in [3.63, 3.8) is 0 Å². The highest BCUT2D eigenvalue weighted by molar-refractivity contribution is 6.31. The van der Waals surface area contributed by atoms with E-state index in [4.69, 9.17) is 27.9 Å². The van der Waals surface area contributed by atoms with Crippen LogP contribution in [0.2, 0.25) is 10.2 Å². The molecule has 3 aromatic heterocycles. The van der Waals surface area contributed by atoms with E-state index in [0.29, 0.717) is 27.3 Å². The third-order valence-corrected chi connectivity index (χ3v) is 5.06. The fourth-order valence-corrected chi connectivity index (χ4v) is 3.42. The molecule has 0 radical (unpaired) electrons. The summed E-state index contributed by atoms with van der Waals surface area (Å²) in [7, 11) is 0. The lowest BCUT2D eigenvalue weighted by atomic mass is 10.1. The Balaban J connectivity index is 1.65. The Kier molecular flexibility index (Phi) is 5.52. The molecule has 1 N–H and O–H groups in total. The maximum Gasteiger partial charge on any atom is 0.365 e. The summed E-state index contributed by atoms with van der Waals surface area (Å²) in [6.07, 6.45) is 0. The van der Waals surface area contributed by atoms with Gasteiger partial charge in [-0.1, -0.05) is 35.3 Å². The number of hydrogen-bond donors (Lipinski definition) is 1. The van der Waals surface area contributed by atoms with Crippen molar-refractivity contribution in [3.8, 4) is 22.8 Å². The van der Waals surface area contributed by atoms with E-state index in [1.807, 2.05) is 32.0 Å². The van der Waals surface area contributed by atoms with Crippen LogP contribution in [0.3, 0.4) is 0 Å². The second-order valence-electron chi connectivity index (χ2n) is 6.53. The smallest absolute Gasteiger partial charge is 0.365 e. The van der Waals surface area contributed by atoms with E-state index in [0.717, 1.165) is 27.2 Å². The number of nitrogens with zero attached hydrogens (tertiary/aromatic N) is 5. The number of rotatable bonds is 5. The minimum absolute atomic E-state index is 0.0936. The largest absolute Gasteiger partial charge is 0.472 e. The summed E-state index contributed by atoms with van der Waals surface area (Å²) in [5, 5.41) is 10.4. The number of pyridine rings is 2. The molecule has 0 aliphatic heterocycles. The average molecular weight is 443 g/mol. The van der Waals surface area contributed by atoms with Crippen molar-refractivity contribution in [2.24, 2.45) is 0 Å². The predicted molar refractivity (Wildman–Crippen MR) is 113 cm³/mol. The number of H-pyrrole nitrogens is 1. The van der Waals surface area contributed by atoms with E-state index in [1.54, 1.807) is 24.3 Å². The first kappa shape index (κ1) is 20.1. The SMILES string of the molecule is Cc1cc(-c2cccc(Cl)n2)c(C)nc1OCc1c(Cl)cccc1-n1nn[nH]c1=O. The van der Waals surface area contributed by atoms with E-state index < -0.39 is 5.69 Å². The molecule has 10 heteroatoms. The summed E-state index contributed by atoms with van der Waals surface area (Å²) >= 11 is 12.4. The predicted octanol–water partition coefficient (Wildman–Crippen LogP) is 3.92. The number of benzene rings is 1. The number of aromatic nitrogens is 6. The van der Waals surface area contributed by atoms with Crippen LogP contribution >= 0.6 is 23.2 Å². The van der Waals surface area contributed by atoms with Crippen LogP contribution in [0.15, 0.2) is 47.3 Å². The second kappa shape index (κ2) is 8.25. The fraction of sp³-hybridized carbons (Fsp3) is 0.150. The summed E-state index contributed by atoms with van der Waals surface area (Å²) in [6, 6.07) is 12.5. The lowest BCUT2D eigenvalue weighted by molar-refractivity contribution is 0.290. The van der Waals surface area contributed by atoms with Gasteiger partial charge in [-0.2, -0.15) is 4.68 Å². The van der Waals surface area contributed by atoms with Gasteiger partial charge in [-0.25, -0.2) is 19.9 Å².